The van der Waals surface area contributed by atoms with Crippen LogP contribution >= 0.6 is 0 Å². The van der Waals surface area contributed by atoms with E-state index in [1.54, 1.807) is 7.11 Å². The van der Waals surface area contributed by atoms with Gasteiger partial charge in [0.1, 0.15) is 5.75 Å². The van der Waals surface area contributed by atoms with E-state index in [9.17, 15) is 4.79 Å². The van der Waals surface area contributed by atoms with E-state index < -0.39 is 0 Å². The van der Waals surface area contributed by atoms with Crippen LogP contribution in [0.5, 0.6) is 5.75 Å². The number of rotatable bonds is 9. The smallest absolute Gasteiger partial charge is 0.314 e. The minimum absolute atomic E-state index is 0.141. The third-order valence-electron chi connectivity index (χ3n) is 3.07. The second-order valence-corrected chi connectivity index (χ2v) is 4.95. The lowest BCUT2D eigenvalue weighted by Crippen LogP contribution is -2.37. The molecular weight excluding hydrogens is 268 g/mol. The Morgan fingerprint density at radius 2 is 1.62 bits per heavy atom. The van der Waals surface area contributed by atoms with Gasteiger partial charge in [0.15, 0.2) is 0 Å². The molecular formula is C16H26N2O3. The third-order valence-corrected chi connectivity index (χ3v) is 3.07. The molecule has 0 aromatic heterocycles. The molecule has 2 N–H and O–H groups in total. The molecule has 0 atom stereocenters. The Bertz CT molecular complexity index is 415. The fraction of sp³-hybridized carbons (Fsp3) is 0.562. The van der Waals surface area contributed by atoms with Gasteiger partial charge < -0.3 is 20.1 Å². The zero-order valence-corrected chi connectivity index (χ0v) is 13.2. The first kappa shape index (κ1) is 17.3. The van der Waals surface area contributed by atoms with Crippen molar-refractivity contribution in [2.24, 2.45) is 0 Å². The summed E-state index contributed by atoms with van der Waals surface area (Å²) in [7, 11) is 1.65. The highest BCUT2D eigenvalue weighted by molar-refractivity contribution is 5.73. The zero-order valence-electron chi connectivity index (χ0n) is 13.2. The molecule has 0 aliphatic heterocycles. The highest BCUT2D eigenvalue weighted by Crippen LogP contribution is 2.22. The van der Waals surface area contributed by atoms with Crippen molar-refractivity contribution in [1.29, 1.82) is 0 Å². The molecule has 5 heteroatoms. The maximum Gasteiger partial charge on any atom is 0.314 e. The van der Waals surface area contributed by atoms with Crippen LogP contribution in [0.4, 0.5) is 4.79 Å². The molecule has 0 aliphatic carbocycles. The second kappa shape index (κ2) is 10.0. The van der Waals surface area contributed by atoms with Gasteiger partial charge in [-0.2, -0.15) is 0 Å². The lowest BCUT2D eigenvalue weighted by Gasteiger charge is -2.12. The van der Waals surface area contributed by atoms with Gasteiger partial charge in [-0.3, -0.25) is 0 Å². The molecule has 0 aliphatic rings. The summed E-state index contributed by atoms with van der Waals surface area (Å²) in [5.41, 5.74) is 2.28. The molecule has 0 heterocycles. The van der Waals surface area contributed by atoms with Crippen LogP contribution < -0.4 is 15.4 Å². The molecule has 0 bridgehead atoms. The molecule has 1 rings (SSSR count). The third kappa shape index (κ3) is 6.99. The minimum Gasteiger partial charge on any atom is -0.493 e. The van der Waals surface area contributed by atoms with E-state index in [1.165, 1.54) is 0 Å². The van der Waals surface area contributed by atoms with E-state index in [0.717, 1.165) is 29.7 Å². The molecule has 1 aromatic rings. The van der Waals surface area contributed by atoms with Gasteiger partial charge in [-0.05, 0) is 37.8 Å². The van der Waals surface area contributed by atoms with E-state index in [0.29, 0.717) is 26.3 Å². The number of carbonyl (C=O) groups is 1. The Morgan fingerprint density at radius 3 is 2.19 bits per heavy atom. The number of aryl methyl sites for hydroxylation is 2. The maximum absolute atomic E-state index is 11.4. The van der Waals surface area contributed by atoms with Crippen LogP contribution in [-0.4, -0.2) is 39.4 Å². The van der Waals surface area contributed by atoms with Crippen molar-refractivity contribution in [2.45, 2.75) is 26.7 Å². The number of benzene rings is 1. The molecule has 0 saturated heterocycles. The predicted octanol–water partition coefficient (Wildman–Crippen LogP) is 2.41. The Kier molecular flexibility index (Phi) is 8.28. The first-order valence-electron chi connectivity index (χ1n) is 7.34. The lowest BCUT2D eigenvalue weighted by molar-refractivity contribution is 0.193. The number of nitrogens with one attached hydrogen (secondary N) is 2. The molecule has 2 amide bonds. The average molecular weight is 294 g/mol. The molecule has 21 heavy (non-hydrogen) atoms. The molecule has 118 valence electrons. The summed E-state index contributed by atoms with van der Waals surface area (Å²) in [6, 6.07) is 5.95. The van der Waals surface area contributed by atoms with Gasteiger partial charge in [0.2, 0.25) is 0 Å². The number of urea groups is 1. The summed E-state index contributed by atoms with van der Waals surface area (Å²) in [4.78, 5) is 11.4. The quantitative estimate of drug-likeness (QED) is 0.688. The second-order valence-electron chi connectivity index (χ2n) is 4.95. The number of para-hydroxylation sites is 1. The van der Waals surface area contributed by atoms with E-state index in [4.69, 9.17) is 9.47 Å². The highest BCUT2D eigenvalue weighted by Gasteiger charge is 2.03. The molecule has 0 spiro atoms. The zero-order chi connectivity index (χ0) is 15.5. The predicted molar refractivity (Wildman–Crippen MR) is 83.9 cm³/mol. The van der Waals surface area contributed by atoms with Crippen LogP contribution in [0.2, 0.25) is 0 Å². The van der Waals surface area contributed by atoms with Crippen molar-refractivity contribution in [3.63, 3.8) is 0 Å². The number of hydrogen-bond acceptors (Lipinski definition) is 3. The van der Waals surface area contributed by atoms with Crippen molar-refractivity contribution < 1.29 is 14.3 Å². The summed E-state index contributed by atoms with van der Waals surface area (Å²) >= 11 is 0. The fourth-order valence-electron chi connectivity index (χ4n) is 1.96. The van der Waals surface area contributed by atoms with Gasteiger partial charge in [0.05, 0.1) is 6.61 Å². The van der Waals surface area contributed by atoms with Crippen molar-refractivity contribution in [2.75, 3.05) is 33.4 Å². The van der Waals surface area contributed by atoms with Crippen LogP contribution in [0.15, 0.2) is 18.2 Å². The largest absolute Gasteiger partial charge is 0.493 e. The van der Waals surface area contributed by atoms with Crippen LogP contribution in [0.3, 0.4) is 0 Å². The van der Waals surface area contributed by atoms with Crippen LogP contribution in [-0.2, 0) is 4.74 Å². The normalized spacial score (nSPS) is 10.2. The molecule has 0 saturated carbocycles. The first-order valence-corrected chi connectivity index (χ1v) is 7.34. The maximum atomic E-state index is 11.4. The average Bonchev–Trinajstić information content (AvgIpc) is 2.46. The van der Waals surface area contributed by atoms with Gasteiger partial charge in [-0.25, -0.2) is 4.79 Å². The summed E-state index contributed by atoms with van der Waals surface area (Å²) in [6.07, 6.45) is 1.60. The van der Waals surface area contributed by atoms with E-state index in [2.05, 4.69) is 10.6 Å². The van der Waals surface area contributed by atoms with Crippen LogP contribution in [0, 0.1) is 13.8 Å². The Hall–Kier alpha value is -1.75. The van der Waals surface area contributed by atoms with Crippen LogP contribution in [0.25, 0.3) is 0 Å². The van der Waals surface area contributed by atoms with Gasteiger partial charge >= 0.3 is 6.03 Å². The minimum atomic E-state index is -0.141. The Morgan fingerprint density at radius 1 is 1.05 bits per heavy atom. The van der Waals surface area contributed by atoms with Crippen molar-refractivity contribution >= 4 is 6.03 Å². The Labute approximate surface area is 127 Å². The number of ether oxygens (including phenoxy) is 2. The molecule has 1 aromatic carbocycles. The first-order chi connectivity index (χ1) is 10.1. The van der Waals surface area contributed by atoms with Gasteiger partial charge in [0, 0.05) is 26.8 Å². The molecule has 0 radical (unpaired) electrons. The number of carbonyl (C=O) groups excluding carboxylic acids is 1. The lowest BCUT2D eigenvalue weighted by atomic mass is 10.1. The number of methoxy groups -OCH3 is 1. The van der Waals surface area contributed by atoms with E-state index >= 15 is 0 Å². The summed E-state index contributed by atoms with van der Waals surface area (Å²) in [5, 5.41) is 5.58. The monoisotopic (exact) mass is 294 g/mol. The standard InChI is InChI=1S/C16H26N2O3/c1-13-7-4-8-14(2)15(13)21-12-6-10-18-16(19)17-9-5-11-20-3/h4,7-8H,5-6,9-12H2,1-3H3,(H2,17,18,19). The van der Waals surface area contributed by atoms with Crippen molar-refractivity contribution in [1.82, 2.24) is 10.6 Å². The molecule has 0 fully saturated rings. The number of amides is 2. The van der Waals surface area contributed by atoms with E-state index in [-0.39, 0.29) is 6.03 Å². The summed E-state index contributed by atoms with van der Waals surface area (Å²) < 4.78 is 10.7. The van der Waals surface area contributed by atoms with E-state index in [1.807, 2.05) is 32.0 Å². The highest BCUT2D eigenvalue weighted by atomic mass is 16.5. The molecule has 0 unspecified atom stereocenters. The molecule has 5 nitrogen and oxygen atoms in total. The SMILES string of the molecule is COCCCNC(=O)NCCCOc1c(C)cccc1C. The van der Waals surface area contributed by atoms with Gasteiger partial charge in [-0.1, -0.05) is 18.2 Å². The Balaban J connectivity index is 2.10. The van der Waals surface area contributed by atoms with Crippen LogP contribution in [0.1, 0.15) is 24.0 Å². The summed E-state index contributed by atoms with van der Waals surface area (Å²) in [6.45, 7) is 6.54. The van der Waals surface area contributed by atoms with Crippen molar-refractivity contribution in [3.8, 4) is 5.75 Å². The van der Waals surface area contributed by atoms with Crippen molar-refractivity contribution in [3.05, 3.63) is 29.3 Å². The topological polar surface area (TPSA) is 59.6 Å². The fourth-order valence-corrected chi connectivity index (χ4v) is 1.96. The summed E-state index contributed by atoms with van der Waals surface area (Å²) in [5.74, 6) is 0.946. The van der Waals surface area contributed by atoms with Gasteiger partial charge in [-0.15, -0.1) is 0 Å². The van der Waals surface area contributed by atoms with Gasteiger partial charge in [0.25, 0.3) is 0 Å². The number of hydrogen-bond donors (Lipinski definition) is 2.